The number of nitrogens with zero attached hydrogens (tertiary/aromatic N) is 1. The first-order valence-electron chi connectivity index (χ1n) is 7.51. The predicted molar refractivity (Wildman–Crippen MR) is 82.9 cm³/mol. The lowest BCUT2D eigenvalue weighted by Gasteiger charge is -2.08. The van der Waals surface area contributed by atoms with E-state index in [0.29, 0.717) is 12.6 Å². The highest BCUT2D eigenvalue weighted by Crippen LogP contribution is 2.12. The summed E-state index contributed by atoms with van der Waals surface area (Å²) in [5, 5.41) is 3.39. The summed E-state index contributed by atoms with van der Waals surface area (Å²) in [5.74, 6) is 0.923. The minimum Gasteiger partial charge on any atom is -0.467 e. The Labute approximate surface area is 126 Å². The van der Waals surface area contributed by atoms with E-state index in [1.54, 1.807) is 6.26 Å². The van der Waals surface area contributed by atoms with Crippen molar-refractivity contribution in [2.75, 3.05) is 6.61 Å². The van der Waals surface area contributed by atoms with Gasteiger partial charge in [0, 0.05) is 37.2 Å². The smallest absolute Gasteiger partial charge is 0.133 e. The minimum absolute atomic E-state index is 0.467. The second-order valence-electron chi connectivity index (χ2n) is 5.42. The van der Waals surface area contributed by atoms with Crippen molar-refractivity contribution in [3.63, 3.8) is 0 Å². The fraction of sp³-hybridized carbons (Fsp3) is 0.471. The summed E-state index contributed by atoms with van der Waals surface area (Å²) in [6.07, 6.45) is 7.40. The van der Waals surface area contributed by atoms with Gasteiger partial charge in [0.05, 0.1) is 6.26 Å². The molecule has 2 aromatic rings. The van der Waals surface area contributed by atoms with Crippen molar-refractivity contribution in [1.29, 1.82) is 0 Å². The molecule has 0 saturated heterocycles. The number of rotatable bonds is 9. The number of furan rings is 1. The predicted octanol–water partition coefficient (Wildman–Crippen LogP) is 3.32. The number of hydrogen-bond acceptors (Lipinski definition) is 4. The molecule has 0 unspecified atom stereocenters. The third-order valence-electron chi connectivity index (χ3n) is 3.28. The Hall–Kier alpha value is -1.65. The minimum atomic E-state index is 0.467. The number of aromatic nitrogens is 1. The Bertz CT molecular complexity index is 509. The summed E-state index contributed by atoms with van der Waals surface area (Å²) in [6.45, 7) is 6.37. The van der Waals surface area contributed by atoms with Crippen molar-refractivity contribution >= 4 is 0 Å². The maximum atomic E-state index is 5.71. The molecule has 0 spiro atoms. The second kappa shape index (κ2) is 8.60. The van der Waals surface area contributed by atoms with E-state index in [1.165, 1.54) is 11.1 Å². The Balaban J connectivity index is 1.66. The molecule has 0 aromatic carbocycles. The van der Waals surface area contributed by atoms with E-state index in [9.17, 15) is 0 Å². The average molecular weight is 288 g/mol. The van der Waals surface area contributed by atoms with Gasteiger partial charge >= 0.3 is 0 Å². The van der Waals surface area contributed by atoms with Gasteiger partial charge < -0.3 is 14.5 Å². The zero-order valence-electron chi connectivity index (χ0n) is 12.8. The molecule has 4 nitrogen and oxygen atoms in total. The maximum absolute atomic E-state index is 5.71. The first-order valence-corrected chi connectivity index (χ1v) is 7.51. The Kier molecular flexibility index (Phi) is 6.44. The molecule has 0 fully saturated rings. The fourth-order valence-corrected chi connectivity index (χ4v) is 2.06. The first kappa shape index (κ1) is 15.7. The van der Waals surface area contributed by atoms with Crippen LogP contribution < -0.4 is 5.32 Å². The van der Waals surface area contributed by atoms with E-state index in [-0.39, 0.29) is 0 Å². The summed E-state index contributed by atoms with van der Waals surface area (Å²) >= 11 is 0. The molecule has 0 amide bonds. The third kappa shape index (κ3) is 5.69. The van der Waals surface area contributed by atoms with Crippen molar-refractivity contribution < 1.29 is 9.15 Å². The molecule has 2 rings (SSSR count). The number of ether oxygens (including phenoxy) is 1. The van der Waals surface area contributed by atoms with Gasteiger partial charge in [-0.25, -0.2) is 0 Å². The van der Waals surface area contributed by atoms with E-state index < -0.39 is 0 Å². The van der Waals surface area contributed by atoms with Crippen LogP contribution in [-0.2, 0) is 24.3 Å². The van der Waals surface area contributed by atoms with E-state index >= 15 is 0 Å². The number of hydrogen-bond donors (Lipinski definition) is 1. The van der Waals surface area contributed by atoms with Crippen LogP contribution in [0.4, 0.5) is 0 Å². The van der Waals surface area contributed by atoms with Gasteiger partial charge in [-0.3, -0.25) is 4.98 Å². The van der Waals surface area contributed by atoms with Crippen molar-refractivity contribution in [3.05, 3.63) is 53.7 Å². The monoisotopic (exact) mass is 288 g/mol. The van der Waals surface area contributed by atoms with Crippen molar-refractivity contribution in [1.82, 2.24) is 10.3 Å². The lowest BCUT2D eigenvalue weighted by atomic mass is 10.1. The fourth-order valence-electron chi connectivity index (χ4n) is 2.06. The van der Waals surface area contributed by atoms with Gasteiger partial charge in [0.15, 0.2) is 0 Å². The molecule has 1 N–H and O–H groups in total. The van der Waals surface area contributed by atoms with Gasteiger partial charge in [0.1, 0.15) is 12.4 Å². The van der Waals surface area contributed by atoms with E-state index in [1.807, 2.05) is 30.6 Å². The van der Waals surface area contributed by atoms with Gasteiger partial charge in [-0.2, -0.15) is 0 Å². The van der Waals surface area contributed by atoms with Crippen LogP contribution in [-0.4, -0.2) is 17.6 Å². The molecule has 0 radical (unpaired) electrons. The molecule has 21 heavy (non-hydrogen) atoms. The lowest BCUT2D eigenvalue weighted by molar-refractivity contribution is 0.103. The number of pyridine rings is 1. The van der Waals surface area contributed by atoms with Crippen molar-refractivity contribution in [3.8, 4) is 0 Å². The summed E-state index contributed by atoms with van der Waals surface area (Å²) in [7, 11) is 0. The summed E-state index contributed by atoms with van der Waals surface area (Å²) in [5.41, 5.74) is 2.48. The SMILES string of the molecule is CC(C)NCc1ccoc1COCCCc1ccncc1. The molecule has 0 saturated carbocycles. The third-order valence-corrected chi connectivity index (χ3v) is 3.28. The van der Waals surface area contributed by atoms with Gasteiger partial charge in [0.2, 0.25) is 0 Å². The topological polar surface area (TPSA) is 47.3 Å². The molecule has 0 bridgehead atoms. The molecule has 114 valence electrons. The van der Waals surface area contributed by atoms with E-state index in [0.717, 1.165) is 31.8 Å². The zero-order chi connectivity index (χ0) is 14.9. The van der Waals surface area contributed by atoms with Gasteiger partial charge in [-0.1, -0.05) is 13.8 Å². The molecule has 0 aliphatic rings. The maximum Gasteiger partial charge on any atom is 0.133 e. The molecule has 0 atom stereocenters. The number of nitrogens with one attached hydrogen (secondary N) is 1. The quantitative estimate of drug-likeness (QED) is 0.719. The molecule has 0 aliphatic carbocycles. The van der Waals surface area contributed by atoms with Crippen LogP contribution in [0.2, 0.25) is 0 Å². The van der Waals surface area contributed by atoms with Gasteiger partial charge in [0.25, 0.3) is 0 Å². The second-order valence-corrected chi connectivity index (χ2v) is 5.42. The zero-order valence-corrected chi connectivity index (χ0v) is 12.8. The Morgan fingerprint density at radius 2 is 2.05 bits per heavy atom. The average Bonchev–Trinajstić information content (AvgIpc) is 2.93. The molecular weight excluding hydrogens is 264 g/mol. The van der Waals surface area contributed by atoms with Crippen LogP contribution >= 0.6 is 0 Å². The van der Waals surface area contributed by atoms with Crippen LogP contribution in [0.3, 0.4) is 0 Å². The number of aryl methyl sites for hydroxylation is 1. The van der Waals surface area contributed by atoms with Crippen molar-refractivity contribution in [2.24, 2.45) is 0 Å². The standard InChI is InChI=1S/C17H24N2O2/c1-14(2)19-12-16-7-11-21-17(16)13-20-10-3-4-15-5-8-18-9-6-15/h5-9,11,14,19H,3-4,10,12-13H2,1-2H3. The summed E-state index contributed by atoms with van der Waals surface area (Å²) < 4.78 is 11.2. The molecule has 0 aliphatic heterocycles. The van der Waals surface area contributed by atoms with Crippen LogP contribution in [0, 0.1) is 0 Å². The highest BCUT2D eigenvalue weighted by molar-refractivity contribution is 5.16. The summed E-state index contributed by atoms with van der Waals surface area (Å²) in [4.78, 5) is 4.01. The highest BCUT2D eigenvalue weighted by Gasteiger charge is 2.06. The molecule has 2 aromatic heterocycles. The first-order chi connectivity index (χ1) is 10.3. The van der Waals surface area contributed by atoms with Crippen molar-refractivity contribution in [2.45, 2.75) is 45.9 Å². The molecular formula is C17H24N2O2. The van der Waals surface area contributed by atoms with Crippen LogP contribution in [0.15, 0.2) is 41.3 Å². The summed E-state index contributed by atoms with van der Waals surface area (Å²) in [6, 6.07) is 6.56. The van der Waals surface area contributed by atoms with E-state index in [2.05, 4.69) is 24.1 Å². The van der Waals surface area contributed by atoms with E-state index in [4.69, 9.17) is 9.15 Å². The Morgan fingerprint density at radius 3 is 2.81 bits per heavy atom. The van der Waals surface area contributed by atoms with Crippen LogP contribution in [0.5, 0.6) is 0 Å². The van der Waals surface area contributed by atoms with Crippen LogP contribution in [0.25, 0.3) is 0 Å². The molecule has 2 heterocycles. The van der Waals surface area contributed by atoms with Crippen LogP contribution in [0.1, 0.15) is 37.2 Å². The molecule has 4 heteroatoms. The highest BCUT2D eigenvalue weighted by atomic mass is 16.5. The normalized spacial score (nSPS) is 11.2. The largest absolute Gasteiger partial charge is 0.467 e. The van der Waals surface area contributed by atoms with Gasteiger partial charge in [-0.15, -0.1) is 0 Å². The Morgan fingerprint density at radius 1 is 1.24 bits per heavy atom. The van der Waals surface area contributed by atoms with Gasteiger partial charge in [-0.05, 0) is 36.6 Å². The lowest BCUT2D eigenvalue weighted by Crippen LogP contribution is -2.22.